The summed E-state index contributed by atoms with van der Waals surface area (Å²) in [5.41, 5.74) is 4.32. The first-order valence-corrected chi connectivity index (χ1v) is 11.2. The van der Waals surface area contributed by atoms with Gasteiger partial charge < -0.3 is 10.6 Å². The molecule has 3 aromatic carbocycles. The first-order chi connectivity index (χ1) is 15.9. The van der Waals surface area contributed by atoms with E-state index in [4.69, 9.17) is 0 Å². The molecule has 0 aromatic heterocycles. The fourth-order valence-corrected chi connectivity index (χ4v) is 4.59. The molecule has 0 spiro atoms. The third kappa shape index (κ3) is 3.89. The Morgan fingerprint density at radius 2 is 1.70 bits per heavy atom. The van der Waals surface area contributed by atoms with Gasteiger partial charge in [0, 0.05) is 11.3 Å². The van der Waals surface area contributed by atoms with Crippen molar-refractivity contribution in [3.05, 3.63) is 101 Å². The van der Waals surface area contributed by atoms with Crippen molar-refractivity contribution >= 4 is 23.5 Å². The molecule has 0 bridgehead atoms. The molecule has 2 aliphatic rings. The van der Waals surface area contributed by atoms with Gasteiger partial charge in [-0.1, -0.05) is 48.5 Å². The standard InChI is InChI=1S/C27H25N3O3/c1-27(22-15-14-19-6-5-7-21(19)16-22)25(32)30(26(33)29-27)17-18-10-12-20(13-11-18)24(31)28-23-8-3-2-4-9-23/h2-4,8-16H,5-7,17H2,1H3,(H,28,31)(H,29,33)/t27-/m1/s1. The maximum absolute atomic E-state index is 13.3. The van der Waals surface area contributed by atoms with Gasteiger partial charge in [-0.15, -0.1) is 0 Å². The minimum Gasteiger partial charge on any atom is -0.322 e. The largest absolute Gasteiger partial charge is 0.325 e. The van der Waals surface area contributed by atoms with Crippen molar-refractivity contribution in [3.63, 3.8) is 0 Å². The smallest absolute Gasteiger partial charge is 0.322 e. The summed E-state index contributed by atoms with van der Waals surface area (Å²) in [7, 11) is 0. The van der Waals surface area contributed by atoms with Gasteiger partial charge in [-0.3, -0.25) is 14.5 Å². The van der Waals surface area contributed by atoms with Crippen LogP contribution in [-0.2, 0) is 29.7 Å². The summed E-state index contributed by atoms with van der Waals surface area (Å²) in [5.74, 6) is -0.483. The molecule has 6 heteroatoms. The summed E-state index contributed by atoms with van der Waals surface area (Å²) in [5, 5.41) is 5.73. The van der Waals surface area contributed by atoms with Crippen LogP contribution in [0.1, 0.15) is 46.0 Å². The number of aryl methyl sites for hydroxylation is 2. The monoisotopic (exact) mass is 439 g/mol. The fourth-order valence-electron chi connectivity index (χ4n) is 4.59. The van der Waals surface area contributed by atoms with E-state index in [0.717, 1.165) is 36.1 Å². The first kappa shape index (κ1) is 20.9. The molecule has 5 rings (SSSR count). The molecule has 1 aliphatic heterocycles. The molecule has 166 valence electrons. The highest BCUT2D eigenvalue weighted by atomic mass is 16.2. The summed E-state index contributed by atoms with van der Waals surface area (Å²) >= 11 is 0. The number of rotatable bonds is 5. The molecule has 1 aliphatic carbocycles. The third-order valence-electron chi connectivity index (χ3n) is 6.54. The average molecular weight is 440 g/mol. The molecular formula is C27H25N3O3. The normalized spacial score (nSPS) is 19.4. The van der Waals surface area contributed by atoms with E-state index in [2.05, 4.69) is 22.8 Å². The Kier molecular flexibility index (Phi) is 5.21. The lowest BCUT2D eigenvalue weighted by atomic mass is 9.89. The Labute approximate surface area is 192 Å². The Balaban J connectivity index is 1.30. The highest BCUT2D eigenvalue weighted by Crippen LogP contribution is 2.33. The van der Waals surface area contributed by atoms with E-state index < -0.39 is 11.6 Å². The van der Waals surface area contributed by atoms with Gasteiger partial charge in [0.25, 0.3) is 11.8 Å². The van der Waals surface area contributed by atoms with Crippen LogP contribution in [0.4, 0.5) is 10.5 Å². The maximum atomic E-state index is 13.3. The number of nitrogens with zero attached hydrogens (tertiary/aromatic N) is 1. The molecular weight excluding hydrogens is 414 g/mol. The Hall–Kier alpha value is -3.93. The van der Waals surface area contributed by atoms with Gasteiger partial charge in [-0.25, -0.2) is 4.79 Å². The molecule has 1 heterocycles. The van der Waals surface area contributed by atoms with E-state index in [1.165, 1.54) is 16.0 Å². The highest BCUT2D eigenvalue weighted by Gasteiger charge is 2.49. The first-order valence-electron chi connectivity index (χ1n) is 11.2. The Bertz CT molecular complexity index is 1240. The van der Waals surface area contributed by atoms with Crippen molar-refractivity contribution in [3.8, 4) is 0 Å². The van der Waals surface area contributed by atoms with E-state index in [-0.39, 0.29) is 18.4 Å². The lowest BCUT2D eigenvalue weighted by molar-refractivity contribution is -0.131. The number of nitrogens with one attached hydrogen (secondary N) is 2. The fraction of sp³-hybridized carbons (Fsp3) is 0.222. The van der Waals surface area contributed by atoms with E-state index in [1.807, 2.05) is 36.4 Å². The second-order valence-electron chi connectivity index (χ2n) is 8.80. The minimum atomic E-state index is -1.08. The van der Waals surface area contributed by atoms with Crippen LogP contribution in [0.2, 0.25) is 0 Å². The van der Waals surface area contributed by atoms with Gasteiger partial charge in [-0.05, 0) is 72.7 Å². The molecule has 1 atom stereocenters. The molecule has 0 unspecified atom stereocenters. The Morgan fingerprint density at radius 1 is 0.970 bits per heavy atom. The van der Waals surface area contributed by atoms with Crippen LogP contribution in [-0.4, -0.2) is 22.7 Å². The molecule has 4 amide bonds. The predicted molar refractivity (Wildman–Crippen MR) is 126 cm³/mol. The van der Waals surface area contributed by atoms with Crippen LogP contribution >= 0.6 is 0 Å². The van der Waals surface area contributed by atoms with Crippen LogP contribution in [0.5, 0.6) is 0 Å². The predicted octanol–water partition coefficient (Wildman–Crippen LogP) is 4.39. The Morgan fingerprint density at radius 3 is 2.45 bits per heavy atom. The second-order valence-corrected chi connectivity index (χ2v) is 8.80. The second kappa shape index (κ2) is 8.20. The van der Waals surface area contributed by atoms with Crippen molar-refractivity contribution in [2.24, 2.45) is 0 Å². The number of urea groups is 1. The van der Waals surface area contributed by atoms with Gasteiger partial charge in [-0.2, -0.15) is 0 Å². The van der Waals surface area contributed by atoms with Crippen LogP contribution < -0.4 is 10.6 Å². The molecule has 33 heavy (non-hydrogen) atoms. The van der Waals surface area contributed by atoms with Crippen molar-refractivity contribution < 1.29 is 14.4 Å². The van der Waals surface area contributed by atoms with Crippen molar-refractivity contribution in [2.75, 3.05) is 5.32 Å². The molecule has 3 aromatic rings. The van der Waals surface area contributed by atoms with Crippen LogP contribution in [0.3, 0.4) is 0 Å². The lowest BCUT2D eigenvalue weighted by Crippen LogP contribution is -2.40. The summed E-state index contributed by atoms with van der Waals surface area (Å²) in [4.78, 5) is 39.7. The molecule has 6 nitrogen and oxygen atoms in total. The number of carbonyl (C=O) groups is 3. The number of anilines is 1. The number of para-hydroxylation sites is 1. The SMILES string of the molecule is C[C@]1(c2ccc3c(c2)CCC3)NC(=O)N(Cc2ccc(C(=O)Nc3ccccc3)cc2)C1=O. The van der Waals surface area contributed by atoms with Crippen molar-refractivity contribution in [1.82, 2.24) is 10.2 Å². The van der Waals surface area contributed by atoms with E-state index in [0.29, 0.717) is 5.56 Å². The van der Waals surface area contributed by atoms with Gasteiger partial charge in [0.15, 0.2) is 0 Å². The number of fused-ring (bicyclic) bond motifs is 1. The van der Waals surface area contributed by atoms with Crippen LogP contribution in [0.25, 0.3) is 0 Å². The zero-order valence-electron chi connectivity index (χ0n) is 18.4. The van der Waals surface area contributed by atoms with E-state index >= 15 is 0 Å². The number of carbonyl (C=O) groups excluding carboxylic acids is 3. The van der Waals surface area contributed by atoms with Gasteiger partial charge in [0.2, 0.25) is 0 Å². The van der Waals surface area contributed by atoms with Crippen molar-refractivity contribution in [1.29, 1.82) is 0 Å². The molecule has 0 radical (unpaired) electrons. The van der Waals surface area contributed by atoms with Crippen LogP contribution in [0.15, 0.2) is 72.8 Å². The maximum Gasteiger partial charge on any atom is 0.325 e. The lowest BCUT2D eigenvalue weighted by Gasteiger charge is -2.23. The molecule has 2 N–H and O–H groups in total. The molecule has 0 saturated carbocycles. The number of hydrogen-bond acceptors (Lipinski definition) is 3. The van der Waals surface area contributed by atoms with Gasteiger partial charge in [0.1, 0.15) is 5.54 Å². The van der Waals surface area contributed by atoms with Crippen molar-refractivity contribution in [2.45, 2.75) is 38.3 Å². The van der Waals surface area contributed by atoms with Gasteiger partial charge in [0.05, 0.1) is 6.54 Å². The quantitative estimate of drug-likeness (QED) is 0.579. The van der Waals surface area contributed by atoms with E-state index in [1.54, 1.807) is 31.2 Å². The van der Waals surface area contributed by atoms with E-state index in [9.17, 15) is 14.4 Å². The average Bonchev–Trinajstić information content (AvgIpc) is 3.38. The molecule has 1 saturated heterocycles. The third-order valence-corrected chi connectivity index (χ3v) is 6.54. The summed E-state index contributed by atoms with van der Waals surface area (Å²) in [6.45, 7) is 1.91. The number of hydrogen-bond donors (Lipinski definition) is 2. The zero-order chi connectivity index (χ0) is 23.0. The molecule has 1 fully saturated rings. The minimum absolute atomic E-state index is 0.145. The van der Waals surface area contributed by atoms with Gasteiger partial charge >= 0.3 is 6.03 Å². The van der Waals surface area contributed by atoms with Crippen LogP contribution in [0, 0.1) is 0 Å². The zero-order valence-corrected chi connectivity index (χ0v) is 18.4. The summed E-state index contributed by atoms with van der Waals surface area (Å²) in [6.07, 6.45) is 3.20. The topological polar surface area (TPSA) is 78.5 Å². The highest BCUT2D eigenvalue weighted by molar-refractivity contribution is 6.07. The number of benzene rings is 3. The number of imide groups is 1. The number of amides is 4. The summed E-state index contributed by atoms with van der Waals surface area (Å²) < 4.78 is 0. The summed E-state index contributed by atoms with van der Waals surface area (Å²) in [6, 6.07) is 21.9.